The van der Waals surface area contributed by atoms with Gasteiger partial charge in [0.15, 0.2) is 0 Å². The van der Waals surface area contributed by atoms with Gasteiger partial charge in [-0.1, -0.05) is 30.3 Å². The summed E-state index contributed by atoms with van der Waals surface area (Å²) in [5.41, 5.74) is 4.91. The number of hydrogen-bond acceptors (Lipinski definition) is 4. The molecule has 8 heteroatoms. The maximum atomic E-state index is 13.0. The summed E-state index contributed by atoms with van der Waals surface area (Å²) in [5.74, 6) is -0.312. The van der Waals surface area contributed by atoms with E-state index >= 15 is 0 Å². The summed E-state index contributed by atoms with van der Waals surface area (Å²) in [4.78, 5) is 25.7. The molecule has 2 amide bonds. The van der Waals surface area contributed by atoms with Crippen LogP contribution in [-0.2, 0) is 38.4 Å². The number of amides is 2. The summed E-state index contributed by atoms with van der Waals surface area (Å²) in [5, 5.41) is 11.5. The fourth-order valence-corrected chi connectivity index (χ4v) is 4.45. The molecule has 0 bridgehead atoms. The number of hydrogen-bond donors (Lipinski definition) is 2. The molecule has 2 N–H and O–H groups in total. The maximum absolute atomic E-state index is 13.0. The number of fused-ring (bicyclic) bond motifs is 2. The van der Waals surface area contributed by atoms with Crippen molar-refractivity contribution < 1.29 is 14.3 Å². The molecule has 3 heterocycles. The van der Waals surface area contributed by atoms with E-state index in [-0.39, 0.29) is 17.9 Å². The number of nitrogens with one attached hydrogen (secondary N) is 2. The highest BCUT2D eigenvalue weighted by atomic mass is 16.5. The summed E-state index contributed by atoms with van der Waals surface area (Å²) in [6.07, 6.45) is 2.25. The fourth-order valence-electron chi connectivity index (χ4n) is 4.45. The molecule has 2 aromatic carbocycles. The molecule has 0 spiro atoms. The molecule has 174 valence electrons. The quantitative estimate of drug-likeness (QED) is 0.466. The normalized spacial score (nSPS) is 15.2. The van der Waals surface area contributed by atoms with Gasteiger partial charge in [0, 0.05) is 61.8 Å². The third kappa shape index (κ3) is 4.32. The number of nitrogens with zero attached hydrogens (tertiary/aromatic N) is 3. The molecule has 0 fully saturated rings. The van der Waals surface area contributed by atoms with Crippen LogP contribution in [0.2, 0.25) is 0 Å². The highest BCUT2D eigenvalue weighted by Gasteiger charge is 2.29. The number of rotatable bonds is 6. The molecule has 34 heavy (non-hydrogen) atoms. The number of carbonyl (C=O) groups is 2. The van der Waals surface area contributed by atoms with E-state index in [1.165, 1.54) is 0 Å². The lowest BCUT2D eigenvalue weighted by Gasteiger charge is -2.23. The van der Waals surface area contributed by atoms with Crippen LogP contribution in [0, 0.1) is 0 Å². The monoisotopic (exact) mass is 457 g/mol. The Bertz CT molecular complexity index is 1360. The molecule has 4 aromatic rings. The van der Waals surface area contributed by atoms with Crippen molar-refractivity contribution in [1.29, 1.82) is 0 Å². The topological polar surface area (TPSA) is 90.2 Å². The predicted molar refractivity (Wildman–Crippen MR) is 128 cm³/mol. The molecule has 0 saturated heterocycles. The number of aromatic nitrogens is 3. The third-order valence-corrected chi connectivity index (χ3v) is 6.26. The zero-order valence-electron chi connectivity index (χ0n) is 19.2. The van der Waals surface area contributed by atoms with Crippen LogP contribution in [0.1, 0.15) is 37.7 Å². The van der Waals surface area contributed by atoms with Crippen LogP contribution in [-0.4, -0.2) is 38.8 Å². The summed E-state index contributed by atoms with van der Waals surface area (Å²) in [6.45, 7) is 1.11. The van der Waals surface area contributed by atoms with E-state index in [9.17, 15) is 9.59 Å². The fraction of sp³-hybridized carbons (Fsp3) is 0.269. The maximum Gasteiger partial charge on any atom is 0.270 e. The molecular weight excluding hydrogens is 430 g/mol. The van der Waals surface area contributed by atoms with Crippen LogP contribution in [0.5, 0.6) is 0 Å². The molecular formula is C26H27N5O3. The Morgan fingerprint density at radius 3 is 2.71 bits per heavy atom. The number of ether oxygens (including phenoxy) is 1. The van der Waals surface area contributed by atoms with Gasteiger partial charge in [-0.25, -0.2) is 0 Å². The highest BCUT2D eigenvalue weighted by Crippen LogP contribution is 2.24. The van der Waals surface area contributed by atoms with Gasteiger partial charge in [-0.2, -0.15) is 5.10 Å². The van der Waals surface area contributed by atoms with Crippen molar-refractivity contribution in [2.24, 2.45) is 14.1 Å². The third-order valence-electron chi connectivity index (χ3n) is 6.26. The van der Waals surface area contributed by atoms with Crippen LogP contribution < -0.4 is 10.6 Å². The smallest absolute Gasteiger partial charge is 0.270 e. The summed E-state index contributed by atoms with van der Waals surface area (Å²) in [7, 11) is 3.75. The minimum Gasteiger partial charge on any atom is -0.370 e. The van der Waals surface area contributed by atoms with Gasteiger partial charge >= 0.3 is 0 Å². The van der Waals surface area contributed by atoms with Gasteiger partial charge in [0.25, 0.3) is 11.8 Å². The number of carbonyl (C=O) groups excluding carboxylic acids is 2. The Hall–Kier alpha value is -3.91. The van der Waals surface area contributed by atoms with Crippen molar-refractivity contribution in [1.82, 2.24) is 25.0 Å². The van der Waals surface area contributed by atoms with E-state index in [0.29, 0.717) is 37.4 Å². The van der Waals surface area contributed by atoms with Crippen molar-refractivity contribution in [2.75, 3.05) is 6.54 Å². The van der Waals surface area contributed by atoms with Gasteiger partial charge in [0.1, 0.15) is 5.69 Å². The van der Waals surface area contributed by atoms with Crippen LogP contribution in [0.15, 0.2) is 60.8 Å². The lowest BCUT2D eigenvalue weighted by molar-refractivity contribution is 0.0265. The van der Waals surface area contributed by atoms with Crippen molar-refractivity contribution in [2.45, 2.75) is 25.7 Å². The van der Waals surface area contributed by atoms with Gasteiger partial charge in [-0.05, 0) is 29.8 Å². The summed E-state index contributed by atoms with van der Waals surface area (Å²) >= 11 is 0. The Kier molecular flexibility index (Phi) is 5.90. The van der Waals surface area contributed by atoms with Crippen LogP contribution in [0.3, 0.4) is 0 Å². The zero-order valence-corrected chi connectivity index (χ0v) is 19.2. The predicted octanol–water partition coefficient (Wildman–Crippen LogP) is 2.71. The Morgan fingerprint density at radius 1 is 1.06 bits per heavy atom. The van der Waals surface area contributed by atoms with Crippen LogP contribution >= 0.6 is 0 Å². The molecule has 1 atom stereocenters. The van der Waals surface area contributed by atoms with E-state index in [1.54, 1.807) is 11.7 Å². The lowest BCUT2D eigenvalue weighted by Crippen LogP contribution is -2.37. The van der Waals surface area contributed by atoms with Crippen molar-refractivity contribution >= 4 is 22.7 Å². The first kappa shape index (κ1) is 21.9. The van der Waals surface area contributed by atoms with Gasteiger partial charge in [-0.3, -0.25) is 14.3 Å². The summed E-state index contributed by atoms with van der Waals surface area (Å²) in [6, 6.07) is 17.4. The first-order chi connectivity index (χ1) is 16.5. The minimum atomic E-state index is -0.234. The van der Waals surface area contributed by atoms with E-state index in [0.717, 1.165) is 27.7 Å². The number of aryl methyl sites for hydroxylation is 2. The SMILES string of the molecule is Cn1nc2c(c1C(=O)NCc1ccccc1)CC(CNC(=O)c1ccc3c(ccn3C)c1)OC2. The Balaban J connectivity index is 1.23. The van der Waals surface area contributed by atoms with Gasteiger partial charge in [0.2, 0.25) is 0 Å². The van der Waals surface area contributed by atoms with Crippen molar-refractivity contribution in [3.63, 3.8) is 0 Å². The van der Waals surface area contributed by atoms with Crippen LogP contribution in [0.25, 0.3) is 10.9 Å². The second-order valence-electron chi connectivity index (χ2n) is 8.61. The Labute approximate surface area is 197 Å². The molecule has 1 unspecified atom stereocenters. The summed E-state index contributed by atoms with van der Waals surface area (Å²) < 4.78 is 9.55. The van der Waals surface area contributed by atoms with Crippen LogP contribution in [0.4, 0.5) is 0 Å². The molecule has 0 radical (unpaired) electrons. The van der Waals surface area contributed by atoms with Crippen molar-refractivity contribution in [3.8, 4) is 0 Å². The molecule has 5 rings (SSSR count). The minimum absolute atomic E-state index is 0.146. The second-order valence-corrected chi connectivity index (χ2v) is 8.61. The largest absolute Gasteiger partial charge is 0.370 e. The number of benzene rings is 2. The molecule has 0 aliphatic carbocycles. The average molecular weight is 458 g/mol. The van der Waals surface area contributed by atoms with E-state index in [2.05, 4.69) is 15.7 Å². The second kappa shape index (κ2) is 9.15. The molecule has 0 saturated carbocycles. The zero-order chi connectivity index (χ0) is 23.7. The van der Waals surface area contributed by atoms with Crippen molar-refractivity contribution in [3.05, 3.63) is 88.9 Å². The highest BCUT2D eigenvalue weighted by molar-refractivity contribution is 5.98. The lowest BCUT2D eigenvalue weighted by atomic mass is 10.0. The van der Waals surface area contributed by atoms with Gasteiger partial charge in [0.05, 0.1) is 18.4 Å². The molecule has 1 aliphatic rings. The first-order valence-corrected chi connectivity index (χ1v) is 11.3. The van der Waals surface area contributed by atoms with E-state index in [4.69, 9.17) is 4.74 Å². The van der Waals surface area contributed by atoms with Gasteiger partial charge < -0.3 is 19.9 Å². The standard InChI is InChI=1S/C26H27N5O3/c1-30-11-10-18-12-19(8-9-23(18)30)25(32)28-15-20-13-21-22(16-34-20)29-31(2)24(21)26(33)27-14-17-6-4-3-5-7-17/h3-12,20H,13-16H2,1-2H3,(H,27,33)(H,28,32). The van der Waals surface area contributed by atoms with E-state index in [1.807, 2.05) is 72.4 Å². The van der Waals surface area contributed by atoms with E-state index < -0.39 is 0 Å². The first-order valence-electron chi connectivity index (χ1n) is 11.3. The molecule has 8 nitrogen and oxygen atoms in total. The molecule has 1 aliphatic heterocycles. The molecule has 2 aromatic heterocycles. The van der Waals surface area contributed by atoms with Gasteiger partial charge in [-0.15, -0.1) is 0 Å². The Morgan fingerprint density at radius 2 is 1.88 bits per heavy atom. The average Bonchev–Trinajstić information content (AvgIpc) is 3.39.